The lowest BCUT2D eigenvalue weighted by atomic mass is 10.1. The number of para-hydroxylation sites is 1. The summed E-state index contributed by atoms with van der Waals surface area (Å²) >= 11 is 6.20. The fourth-order valence-corrected chi connectivity index (χ4v) is 3.15. The van der Waals surface area contributed by atoms with Gasteiger partial charge in [0, 0.05) is 16.8 Å². The average Bonchev–Trinajstić information content (AvgIpc) is 2.80. The lowest BCUT2D eigenvalue weighted by Crippen LogP contribution is -1.98. The van der Waals surface area contributed by atoms with Gasteiger partial charge in [-0.15, -0.1) is 0 Å². The van der Waals surface area contributed by atoms with Crippen LogP contribution in [-0.2, 0) is 6.61 Å². The molecule has 0 aromatic heterocycles. The largest absolute Gasteiger partial charge is 0.488 e. The number of ether oxygens (including phenoxy) is 2. The van der Waals surface area contributed by atoms with E-state index in [0.29, 0.717) is 11.6 Å². The molecule has 4 aromatic rings. The molecule has 0 radical (unpaired) electrons. The van der Waals surface area contributed by atoms with Gasteiger partial charge in [0.15, 0.2) is 0 Å². The summed E-state index contributed by atoms with van der Waals surface area (Å²) in [4.78, 5) is 4.57. The molecule has 0 aliphatic rings. The highest BCUT2D eigenvalue weighted by Crippen LogP contribution is 2.26. The smallest absolute Gasteiger partial charge is 0.128 e. The predicted octanol–water partition coefficient (Wildman–Crippen LogP) is 7.77. The van der Waals surface area contributed by atoms with Crippen molar-refractivity contribution < 1.29 is 9.47 Å². The fraction of sp³-hybridized carbons (Fsp3) is 0.0741. The van der Waals surface area contributed by atoms with E-state index in [2.05, 4.69) is 36.2 Å². The van der Waals surface area contributed by atoms with Gasteiger partial charge >= 0.3 is 0 Å². The SMILES string of the molecule is Cc1ccc(COc2ccc(Cl)cc2C=Nc2ccc(Oc3ccccc3)cc2)cc1. The molecule has 0 aliphatic heterocycles. The molecule has 154 valence electrons. The van der Waals surface area contributed by atoms with Crippen molar-refractivity contribution in [1.29, 1.82) is 0 Å². The molecule has 31 heavy (non-hydrogen) atoms. The third-order valence-corrected chi connectivity index (χ3v) is 4.89. The van der Waals surface area contributed by atoms with Crippen molar-refractivity contribution in [2.75, 3.05) is 0 Å². The monoisotopic (exact) mass is 427 g/mol. The van der Waals surface area contributed by atoms with Crippen LogP contribution in [0.1, 0.15) is 16.7 Å². The van der Waals surface area contributed by atoms with Crippen LogP contribution < -0.4 is 9.47 Å². The van der Waals surface area contributed by atoms with Gasteiger partial charge in [-0.2, -0.15) is 0 Å². The highest BCUT2D eigenvalue weighted by molar-refractivity contribution is 6.30. The molecule has 0 bridgehead atoms. The normalized spacial score (nSPS) is 10.9. The lowest BCUT2D eigenvalue weighted by Gasteiger charge is -2.10. The summed E-state index contributed by atoms with van der Waals surface area (Å²) < 4.78 is 11.8. The van der Waals surface area contributed by atoms with Gasteiger partial charge in [-0.25, -0.2) is 0 Å². The van der Waals surface area contributed by atoms with Crippen LogP contribution in [0.3, 0.4) is 0 Å². The molecule has 4 heteroatoms. The van der Waals surface area contributed by atoms with Crippen LogP contribution in [0.5, 0.6) is 17.2 Å². The summed E-state index contributed by atoms with van der Waals surface area (Å²) in [6.45, 7) is 2.55. The molecule has 0 N–H and O–H groups in total. The van der Waals surface area contributed by atoms with E-state index in [1.165, 1.54) is 5.56 Å². The zero-order chi connectivity index (χ0) is 21.5. The summed E-state index contributed by atoms with van der Waals surface area (Å²) in [5.74, 6) is 2.29. The molecule has 0 saturated carbocycles. The van der Waals surface area contributed by atoms with Gasteiger partial charge in [0.05, 0.1) is 5.69 Å². The molecule has 0 saturated heterocycles. The molecule has 0 aliphatic carbocycles. The first kappa shape index (κ1) is 20.7. The number of benzene rings is 4. The Balaban J connectivity index is 1.45. The van der Waals surface area contributed by atoms with Crippen molar-refractivity contribution in [2.45, 2.75) is 13.5 Å². The minimum Gasteiger partial charge on any atom is -0.488 e. The van der Waals surface area contributed by atoms with Crippen molar-refractivity contribution in [3.63, 3.8) is 0 Å². The number of nitrogens with zero attached hydrogens (tertiary/aromatic N) is 1. The Morgan fingerprint density at radius 2 is 1.52 bits per heavy atom. The summed E-state index contributed by atoms with van der Waals surface area (Å²) in [7, 11) is 0. The van der Waals surface area contributed by atoms with Crippen LogP contribution in [-0.4, -0.2) is 6.21 Å². The number of hydrogen-bond acceptors (Lipinski definition) is 3. The number of halogens is 1. The number of rotatable bonds is 7. The van der Waals surface area contributed by atoms with E-state index in [1.54, 1.807) is 6.21 Å². The van der Waals surface area contributed by atoms with Crippen LogP contribution in [0.15, 0.2) is 102 Å². The Kier molecular flexibility index (Phi) is 6.65. The first-order valence-corrected chi connectivity index (χ1v) is 10.4. The standard InChI is InChI=1S/C27H22ClNO2/c1-20-7-9-21(10-8-20)19-30-27-16-11-23(28)17-22(27)18-29-24-12-14-26(15-13-24)31-25-5-3-2-4-6-25/h2-18H,19H2,1H3. The second-order valence-corrected chi connectivity index (χ2v) is 7.56. The fourth-order valence-electron chi connectivity index (χ4n) is 2.97. The zero-order valence-electron chi connectivity index (χ0n) is 17.2. The first-order valence-electron chi connectivity index (χ1n) is 10.0. The molecule has 4 aromatic carbocycles. The van der Waals surface area contributed by atoms with Gasteiger partial charge in [0.25, 0.3) is 0 Å². The topological polar surface area (TPSA) is 30.8 Å². The summed E-state index contributed by atoms with van der Waals surface area (Å²) in [6, 6.07) is 31.1. The van der Waals surface area contributed by atoms with Gasteiger partial charge in [0.1, 0.15) is 23.9 Å². The molecule has 0 amide bonds. The third-order valence-electron chi connectivity index (χ3n) is 4.66. The Bertz CT molecular complexity index is 1150. The first-order chi connectivity index (χ1) is 15.2. The average molecular weight is 428 g/mol. The summed E-state index contributed by atoms with van der Waals surface area (Å²) in [5.41, 5.74) is 3.97. The zero-order valence-corrected chi connectivity index (χ0v) is 17.9. The number of hydrogen-bond donors (Lipinski definition) is 0. The Labute approximate surface area is 187 Å². The van der Waals surface area contributed by atoms with Gasteiger partial charge in [-0.05, 0) is 67.1 Å². The highest BCUT2D eigenvalue weighted by atomic mass is 35.5. The van der Waals surface area contributed by atoms with E-state index in [-0.39, 0.29) is 0 Å². The molecule has 0 heterocycles. The van der Waals surface area contributed by atoms with Crippen molar-refractivity contribution >= 4 is 23.5 Å². The van der Waals surface area contributed by atoms with Gasteiger partial charge in [0.2, 0.25) is 0 Å². The van der Waals surface area contributed by atoms with Crippen LogP contribution in [0, 0.1) is 6.92 Å². The Morgan fingerprint density at radius 3 is 2.26 bits per heavy atom. The number of aliphatic imine (C=N–C) groups is 1. The predicted molar refractivity (Wildman–Crippen MR) is 127 cm³/mol. The molecule has 0 unspecified atom stereocenters. The molecular formula is C27H22ClNO2. The molecule has 3 nitrogen and oxygen atoms in total. The van der Waals surface area contributed by atoms with E-state index in [9.17, 15) is 0 Å². The van der Waals surface area contributed by atoms with Gasteiger partial charge < -0.3 is 9.47 Å². The second-order valence-electron chi connectivity index (χ2n) is 7.12. The maximum Gasteiger partial charge on any atom is 0.128 e. The Hall–Kier alpha value is -3.56. The molecule has 0 atom stereocenters. The highest BCUT2D eigenvalue weighted by Gasteiger charge is 2.04. The van der Waals surface area contributed by atoms with Gasteiger partial charge in [-0.3, -0.25) is 4.99 Å². The summed E-state index contributed by atoms with van der Waals surface area (Å²) in [6.07, 6.45) is 1.77. The van der Waals surface area contributed by atoms with Crippen molar-refractivity contribution in [3.8, 4) is 17.2 Å². The van der Waals surface area contributed by atoms with E-state index >= 15 is 0 Å². The molecule has 4 rings (SSSR count). The van der Waals surface area contributed by atoms with Crippen molar-refractivity contribution in [3.05, 3.63) is 119 Å². The number of aryl methyl sites for hydroxylation is 1. The maximum absolute atomic E-state index is 6.20. The van der Waals surface area contributed by atoms with Gasteiger partial charge in [-0.1, -0.05) is 59.6 Å². The quantitative estimate of drug-likeness (QED) is 0.282. The van der Waals surface area contributed by atoms with E-state index in [1.807, 2.05) is 72.8 Å². The molecule has 0 spiro atoms. The molecule has 0 fully saturated rings. The van der Waals surface area contributed by atoms with Crippen LogP contribution >= 0.6 is 11.6 Å². The van der Waals surface area contributed by atoms with E-state index < -0.39 is 0 Å². The minimum absolute atomic E-state index is 0.480. The molecular weight excluding hydrogens is 406 g/mol. The third kappa shape index (κ3) is 5.97. The van der Waals surface area contributed by atoms with Crippen molar-refractivity contribution in [2.24, 2.45) is 4.99 Å². The van der Waals surface area contributed by atoms with Crippen LogP contribution in [0.4, 0.5) is 5.69 Å². The van der Waals surface area contributed by atoms with E-state index in [0.717, 1.165) is 34.1 Å². The second kappa shape index (κ2) is 9.96. The van der Waals surface area contributed by atoms with E-state index in [4.69, 9.17) is 21.1 Å². The van der Waals surface area contributed by atoms with Crippen LogP contribution in [0.2, 0.25) is 5.02 Å². The lowest BCUT2D eigenvalue weighted by molar-refractivity contribution is 0.306. The van der Waals surface area contributed by atoms with Crippen molar-refractivity contribution in [1.82, 2.24) is 0 Å². The minimum atomic E-state index is 0.480. The summed E-state index contributed by atoms with van der Waals surface area (Å²) in [5, 5.41) is 0.635. The maximum atomic E-state index is 6.20. The van der Waals surface area contributed by atoms with Crippen LogP contribution in [0.25, 0.3) is 0 Å². The Morgan fingerprint density at radius 1 is 0.806 bits per heavy atom.